The molecule has 7 nitrogen and oxygen atoms in total. The number of ketones is 1. The van der Waals surface area contributed by atoms with Gasteiger partial charge in [0.05, 0.1) is 10.9 Å². The van der Waals surface area contributed by atoms with Crippen molar-refractivity contribution in [3.8, 4) is 0 Å². The molecule has 1 heterocycles. The fourth-order valence-corrected chi connectivity index (χ4v) is 4.59. The largest absolute Gasteiger partial charge is 0.378 e. The van der Waals surface area contributed by atoms with Crippen LogP contribution < -0.4 is 10.0 Å². The summed E-state index contributed by atoms with van der Waals surface area (Å²) in [4.78, 5) is 13.0. The van der Waals surface area contributed by atoms with Crippen LogP contribution in [0.2, 0.25) is 0 Å². The van der Waals surface area contributed by atoms with Crippen molar-refractivity contribution in [1.29, 1.82) is 0 Å². The summed E-state index contributed by atoms with van der Waals surface area (Å²) in [6.45, 7) is 3.68. The lowest BCUT2D eigenvalue weighted by Gasteiger charge is -2.21. The topological polar surface area (TPSA) is 101 Å². The normalized spacial score (nSPS) is 12.2. The minimum absolute atomic E-state index is 0.0194. The highest BCUT2D eigenvalue weighted by molar-refractivity contribution is 7.92. The summed E-state index contributed by atoms with van der Waals surface area (Å²) in [6.07, 6.45) is 0.251. The molecule has 2 N–H and O–H groups in total. The van der Waals surface area contributed by atoms with Gasteiger partial charge in [0.2, 0.25) is 0 Å². The first-order valence-electron chi connectivity index (χ1n) is 10.8. The van der Waals surface area contributed by atoms with Crippen LogP contribution in [0.5, 0.6) is 0 Å². The lowest BCUT2D eigenvalue weighted by Crippen LogP contribution is -2.16. The summed E-state index contributed by atoms with van der Waals surface area (Å²) < 4.78 is 32.6. The third kappa shape index (κ3) is 5.71. The second kappa shape index (κ2) is 9.93. The van der Waals surface area contributed by atoms with Crippen molar-refractivity contribution in [3.05, 3.63) is 107 Å². The Labute approximate surface area is 198 Å². The number of hydrogen-bond acceptors (Lipinski definition) is 6. The van der Waals surface area contributed by atoms with Gasteiger partial charge in [-0.25, -0.2) is 8.42 Å². The van der Waals surface area contributed by atoms with E-state index in [1.807, 2.05) is 49.4 Å². The second-order valence-corrected chi connectivity index (χ2v) is 9.74. The van der Waals surface area contributed by atoms with Crippen LogP contribution in [-0.2, 0) is 10.0 Å². The number of anilines is 2. The highest BCUT2D eigenvalue weighted by atomic mass is 32.2. The zero-order valence-corrected chi connectivity index (χ0v) is 19.7. The average molecular weight is 476 g/mol. The van der Waals surface area contributed by atoms with Crippen molar-refractivity contribution in [1.82, 2.24) is 5.16 Å². The van der Waals surface area contributed by atoms with Gasteiger partial charge in [0.15, 0.2) is 11.6 Å². The molecule has 1 atom stereocenters. The molecule has 0 spiro atoms. The first-order valence-corrected chi connectivity index (χ1v) is 12.3. The smallest absolute Gasteiger partial charge is 0.263 e. The minimum atomic E-state index is -3.81. The number of nitrogens with one attached hydrogen (secondary N) is 2. The molecule has 8 heteroatoms. The molecule has 0 bridgehead atoms. The van der Waals surface area contributed by atoms with Crippen molar-refractivity contribution < 1.29 is 17.7 Å². The van der Waals surface area contributed by atoms with Crippen molar-refractivity contribution in [2.24, 2.45) is 0 Å². The van der Waals surface area contributed by atoms with Gasteiger partial charge in [0.25, 0.3) is 10.0 Å². The number of nitrogens with zero attached hydrogens (tertiary/aromatic N) is 1. The van der Waals surface area contributed by atoms with E-state index >= 15 is 0 Å². The van der Waals surface area contributed by atoms with Gasteiger partial charge in [-0.2, -0.15) is 0 Å². The number of benzene rings is 3. The zero-order valence-electron chi connectivity index (χ0n) is 18.9. The molecule has 0 amide bonds. The maximum atomic E-state index is 12.9. The third-order valence-corrected chi connectivity index (χ3v) is 6.67. The van der Waals surface area contributed by atoms with E-state index < -0.39 is 10.0 Å². The van der Waals surface area contributed by atoms with Gasteiger partial charge in [-0.05, 0) is 43.7 Å². The third-order valence-electron chi connectivity index (χ3n) is 5.30. The number of sulfonamides is 1. The monoisotopic (exact) mass is 475 g/mol. The summed E-state index contributed by atoms with van der Waals surface area (Å²) in [7, 11) is -3.81. The Balaban J connectivity index is 1.54. The molecule has 0 fully saturated rings. The van der Waals surface area contributed by atoms with E-state index in [2.05, 4.69) is 15.2 Å². The fourth-order valence-electron chi connectivity index (χ4n) is 3.61. The van der Waals surface area contributed by atoms with Gasteiger partial charge in [0, 0.05) is 23.7 Å². The second-order valence-electron chi connectivity index (χ2n) is 8.06. The lowest BCUT2D eigenvalue weighted by atomic mass is 9.96. The quantitative estimate of drug-likeness (QED) is 0.309. The fraction of sp³-hybridized carbons (Fsp3) is 0.154. The van der Waals surface area contributed by atoms with Crippen molar-refractivity contribution in [2.45, 2.75) is 31.2 Å². The van der Waals surface area contributed by atoms with Gasteiger partial charge in [0.1, 0.15) is 5.76 Å². The van der Waals surface area contributed by atoms with E-state index in [9.17, 15) is 13.2 Å². The predicted molar refractivity (Wildman–Crippen MR) is 131 cm³/mol. The highest BCUT2D eigenvalue weighted by Crippen LogP contribution is 2.26. The number of rotatable bonds is 9. The van der Waals surface area contributed by atoms with Crippen LogP contribution in [0.25, 0.3) is 0 Å². The molecule has 0 saturated carbocycles. The zero-order chi connectivity index (χ0) is 24.1. The Hall–Kier alpha value is -3.91. The van der Waals surface area contributed by atoms with Gasteiger partial charge in [-0.3, -0.25) is 9.52 Å². The molecule has 0 aliphatic rings. The van der Waals surface area contributed by atoms with Crippen LogP contribution in [0, 0.1) is 13.8 Å². The summed E-state index contributed by atoms with van der Waals surface area (Å²) in [5, 5.41) is 7.06. The summed E-state index contributed by atoms with van der Waals surface area (Å²) in [6, 6.07) is 24.7. The number of carbonyl (C=O) groups is 1. The van der Waals surface area contributed by atoms with Crippen LogP contribution in [-0.4, -0.2) is 19.4 Å². The highest BCUT2D eigenvalue weighted by Gasteiger charge is 2.19. The number of carbonyl (C=O) groups excluding carboxylic acids is 1. The van der Waals surface area contributed by atoms with Crippen molar-refractivity contribution in [2.75, 3.05) is 10.0 Å². The molecule has 34 heavy (non-hydrogen) atoms. The average Bonchev–Trinajstić information content (AvgIpc) is 3.23. The molecular weight excluding hydrogens is 450 g/mol. The number of Topliss-reactive ketones (excluding diaryl/α,β-unsaturated/α-hetero) is 1. The van der Waals surface area contributed by atoms with E-state index in [4.69, 9.17) is 4.52 Å². The van der Waals surface area contributed by atoms with Gasteiger partial charge in [-0.15, -0.1) is 0 Å². The number of hydrogen-bond donors (Lipinski definition) is 2. The van der Waals surface area contributed by atoms with E-state index in [-0.39, 0.29) is 29.0 Å². The Bertz CT molecular complexity index is 1380. The van der Waals surface area contributed by atoms with Gasteiger partial charge >= 0.3 is 0 Å². The van der Waals surface area contributed by atoms with Crippen LogP contribution in [0.4, 0.5) is 11.5 Å². The first kappa shape index (κ1) is 23.3. The standard InChI is InChI=1S/C26H25N3O4S/c1-18-7-6-10-21(15-18)24(17-25(30)20-8-4-3-5-9-20)27-22-11-13-23(14-12-22)34(31,32)29-26-16-19(2)33-28-26/h3-16,24,27H,17H2,1-2H3,(H,28,29). The first-order chi connectivity index (χ1) is 16.3. The Morgan fingerprint density at radius 2 is 1.68 bits per heavy atom. The maximum Gasteiger partial charge on any atom is 0.263 e. The minimum Gasteiger partial charge on any atom is -0.378 e. The Kier molecular flexibility index (Phi) is 6.79. The van der Waals surface area contributed by atoms with Crippen LogP contribution in [0.3, 0.4) is 0 Å². The molecule has 0 radical (unpaired) electrons. The summed E-state index contributed by atoms with van der Waals surface area (Å²) in [5.41, 5.74) is 3.41. The van der Waals surface area contributed by atoms with Crippen molar-refractivity contribution >= 4 is 27.3 Å². The molecule has 3 aromatic carbocycles. The van der Waals surface area contributed by atoms with E-state index in [0.717, 1.165) is 11.1 Å². The maximum absolute atomic E-state index is 12.9. The molecule has 4 aromatic rings. The van der Waals surface area contributed by atoms with Crippen LogP contribution in [0.15, 0.2) is 94.3 Å². The Morgan fingerprint density at radius 1 is 0.941 bits per heavy atom. The number of aromatic nitrogens is 1. The van der Waals surface area contributed by atoms with E-state index in [1.54, 1.807) is 31.2 Å². The molecule has 4 rings (SSSR count). The molecule has 1 unspecified atom stereocenters. The molecular formula is C26H25N3O4S. The van der Waals surface area contributed by atoms with Crippen molar-refractivity contribution in [3.63, 3.8) is 0 Å². The lowest BCUT2D eigenvalue weighted by molar-refractivity contribution is 0.0976. The Morgan fingerprint density at radius 3 is 2.32 bits per heavy atom. The molecule has 0 aliphatic heterocycles. The molecule has 0 aliphatic carbocycles. The summed E-state index contributed by atoms with van der Waals surface area (Å²) >= 11 is 0. The van der Waals surface area contributed by atoms with E-state index in [0.29, 0.717) is 17.0 Å². The predicted octanol–water partition coefficient (Wildman–Crippen LogP) is 5.52. The van der Waals surface area contributed by atoms with Crippen LogP contribution >= 0.6 is 0 Å². The summed E-state index contributed by atoms with van der Waals surface area (Å²) in [5.74, 6) is 0.647. The molecule has 174 valence electrons. The van der Waals surface area contributed by atoms with E-state index in [1.165, 1.54) is 18.2 Å². The van der Waals surface area contributed by atoms with Crippen LogP contribution in [0.1, 0.15) is 39.7 Å². The molecule has 0 saturated heterocycles. The SMILES string of the molecule is Cc1cccc(C(CC(=O)c2ccccc2)Nc2ccc(S(=O)(=O)Nc3cc(C)on3)cc2)c1. The molecule has 1 aromatic heterocycles. The number of aryl methyl sites for hydroxylation is 2. The van der Waals surface area contributed by atoms with Gasteiger partial charge in [-0.1, -0.05) is 65.3 Å². The van der Waals surface area contributed by atoms with Gasteiger partial charge < -0.3 is 9.84 Å².